The Hall–Kier alpha value is -3.35. The summed E-state index contributed by atoms with van der Waals surface area (Å²) in [7, 11) is 0. The van der Waals surface area contributed by atoms with Crippen molar-refractivity contribution in [1.82, 2.24) is 4.98 Å². The molecule has 172 valence electrons. The smallest absolute Gasteiger partial charge is 0.405 e. The molecule has 1 aromatic heterocycles. The number of halogens is 1. The minimum Gasteiger partial charge on any atom is -0.444 e. The summed E-state index contributed by atoms with van der Waals surface area (Å²) in [5, 5.41) is 11.4. The highest BCUT2D eigenvalue weighted by Gasteiger charge is 2.21. The van der Waals surface area contributed by atoms with Gasteiger partial charge in [-0.2, -0.15) is 0 Å². The number of aromatic nitrogens is 1. The molecule has 0 spiro atoms. The molecule has 31 heavy (non-hydrogen) atoms. The minimum atomic E-state index is -0.725. The van der Waals surface area contributed by atoms with Crippen LogP contribution in [0.3, 0.4) is 0 Å². The number of carbonyl (C=O) groups is 1. The molecule has 0 atom stereocenters. The monoisotopic (exact) mass is 432 g/mol. The van der Waals surface area contributed by atoms with Gasteiger partial charge in [0.15, 0.2) is 0 Å². The fourth-order valence-electron chi connectivity index (χ4n) is 2.62. The first-order chi connectivity index (χ1) is 14.6. The van der Waals surface area contributed by atoms with Gasteiger partial charge >= 0.3 is 6.09 Å². The molecule has 0 saturated heterocycles. The Bertz CT molecular complexity index is 902. The number of amides is 1. The molecule has 5 N–H and O–H groups in total. The van der Waals surface area contributed by atoms with Gasteiger partial charge in [0.2, 0.25) is 0 Å². The number of primary amides is 1. The highest BCUT2D eigenvalue weighted by atomic mass is 19.1. The van der Waals surface area contributed by atoms with E-state index in [9.17, 15) is 9.18 Å². The van der Waals surface area contributed by atoms with Crippen LogP contribution in [0, 0.1) is 11.2 Å². The molecule has 1 aliphatic rings. The summed E-state index contributed by atoms with van der Waals surface area (Å²) in [5.74, 6) is 0.499. The highest BCUT2D eigenvalue weighted by molar-refractivity contribution is 6.17. The van der Waals surface area contributed by atoms with Crippen molar-refractivity contribution in [2.24, 2.45) is 5.73 Å². The fourth-order valence-corrected chi connectivity index (χ4v) is 2.62. The highest BCUT2D eigenvalue weighted by Crippen LogP contribution is 2.33. The first-order valence-electron chi connectivity index (χ1n) is 10.0. The molecule has 1 aliphatic heterocycles. The molecule has 2 aromatic rings. The number of hydrogen-bond acceptors (Lipinski definition) is 4. The van der Waals surface area contributed by atoms with Crippen molar-refractivity contribution in [2.75, 3.05) is 11.9 Å². The van der Waals surface area contributed by atoms with Crippen LogP contribution < -0.4 is 11.1 Å². The third-order valence-corrected chi connectivity index (χ3v) is 3.78. The molecule has 0 radical (unpaired) electrons. The van der Waals surface area contributed by atoms with Crippen LogP contribution in [-0.2, 0) is 4.74 Å². The third kappa shape index (κ3) is 8.50. The van der Waals surface area contributed by atoms with E-state index in [0.29, 0.717) is 17.8 Å². The van der Waals surface area contributed by atoms with Gasteiger partial charge in [-0.05, 0) is 39.3 Å². The van der Waals surface area contributed by atoms with Gasteiger partial charge in [-0.15, -0.1) is 13.2 Å². The predicted molar refractivity (Wildman–Crippen MR) is 130 cm³/mol. The van der Waals surface area contributed by atoms with E-state index in [4.69, 9.17) is 11.1 Å². The molecule has 0 unspecified atom stereocenters. The van der Waals surface area contributed by atoms with Crippen LogP contribution in [-0.4, -0.2) is 28.9 Å². The van der Waals surface area contributed by atoms with Crippen LogP contribution in [0.25, 0.3) is 11.1 Å². The molecule has 1 amide bonds. The van der Waals surface area contributed by atoms with Crippen LogP contribution >= 0.6 is 0 Å². The van der Waals surface area contributed by atoms with Crippen LogP contribution in [0.4, 0.5) is 15.0 Å². The molecule has 7 heteroatoms. The lowest BCUT2D eigenvalue weighted by Crippen LogP contribution is -2.27. The number of carbonyl (C=O) groups excluding carboxylic acids is 1. The van der Waals surface area contributed by atoms with Crippen LogP contribution in [0.15, 0.2) is 55.3 Å². The molecule has 3 rings (SSSR count). The van der Waals surface area contributed by atoms with Crippen molar-refractivity contribution in [1.29, 1.82) is 5.41 Å². The summed E-state index contributed by atoms with van der Waals surface area (Å²) in [4.78, 5) is 13.1. The largest absolute Gasteiger partial charge is 0.444 e. The zero-order chi connectivity index (χ0) is 24.2. The summed E-state index contributed by atoms with van der Waals surface area (Å²) >= 11 is 0. The molecule has 0 saturated carbocycles. The molecule has 0 bridgehead atoms. The van der Waals surface area contributed by atoms with Gasteiger partial charge in [0, 0.05) is 30.9 Å². The van der Waals surface area contributed by atoms with E-state index in [0.717, 1.165) is 22.5 Å². The zero-order valence-corrected chi connectivity index (χ0v) is 19.4. The van der Waals surface area contributed by atoms with Gasteiger partial charge in [0.25, 0.3) is 0 Å². The lowest BCUT2D eigenvalue weighted by atomic mass is 9.97. The second kappa shape index (κ2) is 13.1. The molecule has 1 aromatic carbocycles. The van der Waals surface area contributed by atoms with E-state index in [1.165, 1.54) is 6.07 Å². The summed E-state index contributed by atoms with van der Waals surface area (Å²) in [6, 6.07) is 6.63. The van der Waals surface area contributed by atoms with Crippen molar-refractivity contribution in [3.8, 4) is 11.1 Å². The second-order valence-electron chi connectivity index (χ2n) is 7.11. The van der Waals surface area contributed by atoms with E-state index in [2.05, 4.69) is 28.2 Å². The average molecular weight is 433 g/mol. The van der Waals surface area contributed by atoms with Gasteiger partial charge in [-0.3, -0.25) is 5.41 Å². The number of nitrogens with two attached hydrogens (primary N) is 1. The van der Waals surface area contributed by atoms with E-state index in [1.54, 1.807) is 45.2 Å². The predicted octanol–water partition coefficient (Wildman–Crippen LogP) is 6.52. The number of fused-ring (bicyclic) bond motifs is 1. The van der Waals surface area contributed by atoms with Crippen molar-refractivity contribution >= 4 is 17.6 Å². The summed E-state index contributed by atoms with van der Waals surface area (Å²) < 4.78 is 18.5. The average Bonchev–Trinajstić information content (AvgIpc) is 3.07. The number of hydrogen-bond donors (Lipinski definition) is 4. The van der Waals surface area contributed by atoms with E-state index < -0.39 is 11.7 Å². The van der Waals surface area contributed by atoms with E-state index in [-0.39, 0.29) is 7.24 Å². The maximum Gasteiger partial charge on any atom is 0.405 e. The Labute approximate surface area is 186 Å². The van der Waals surface area contributed by atoms with Gasteiger partial charge in [-0.25, -0.2) is 9.18 Å². The third-order valence-electron chi connectivity index (χ3n) is 3.78. The summed E-state index contributed by atoms with van der Waals surface area (Å²) in [6.07, 6.45) is 2.99. The van der Waals surface area contributed by atoms with Gasteiger partial charge < -0.3 is 20.8 Å². The van der Waals surface area contributed by atoms with Crippen molar-refractivity contribution < 1.29 is 15.3 Å². The fraction of sp³-hybridized carbons (Fsp3) is 0.333. The van der Waals surface area contributed by atoms with E-state index in [1.807, 2.05) is 26.8 Å². The minimum absolute atomic E-state index is 0. The molecule has 0 aliphatic carbocycles. The van der Waals surface area contributed by atoms with Crippen molar-refractivity contribution in [2.45, 2.75) is 47.1 Å². The first kappa shape index (κ1) is 27.7. The van der Waals surface area contributed by atoms with Crippen LogP contribution in [0.5, 0.6) is 0 Å². The van der Waals surface area contributed by atoms with Gasteiger partial charge in [0.05, 0.1) is 5.71 Å². The molecule has 2 heterocycles. The van der Waals surface area contributed by atoms with E-state index >= 15 is 0 Å². The van der Waals surface area contributed by atoms with Gasteiger partial charge in [-0.1, -0.05) is 38.1 Å². The molecule has 6 nitrogen and oxygen atoms in total. The molecular weight excluding hydrogens is 395 g/mol. The normalized spacial score (nSPS) is 12.0. The maximum atomic E-state index is 13.9. The Morgan fingerprint density at radius 3 is 2.29 bits per heavy atom. The SMILES string of the molecule is C=C.CC.CC(C)(C)OC(N)=O.CC1=CCNc2[nH]cc(-c3ccccc3F)c2C1=N.[HH]. The summed E-state index contributed by atoms with van der Waals surface area (Å²) in [6.45, 7) is 17.9. The lowest BCUT2D eigenvalue weighted by Gasteiger charge is -2.16. The Balaban J connectivity index is 0. The van der Waals surface area contributed by atoms with Crippen molar-refractivity contribution in [3.05, 3.63) is 66.6 Å². The van der Waals surface area contributed by atoms with Crippen LogP contribution in [0.1, 0.15) is 48.5 Å². The lowest BCUT2D eigenvalue weighted by molar-refractivity contribution is 0.0600. The van der Waals surface area contributed by atoms with Crippen molar-refractivity contribution in [3.63, 3.8) is 0 Å². The number of allylic oxidation sites excluding steroid dienone is 1. The topological polar surface area (TPSA) is 104 Å². The number of H-pyrrole nitrogens is 1. The quantitative estimate of drug-likeness (QED) is 0.386. The number of anilines is 1. The second-order valence-corrected chi connectivity index (χ2v) is 7.11. The number of benzene rings is 1. The zero-order valence-electron chi connectivity index (χ0n) is 19.4. The Morgan fingerprint density at radius 1 is 1.23 bits per heavy atom. The molecular formula is C24H37FN4O2. The molecule has 0 fully saturated rings. The Kier molecular flexibility index (Phi) is 11.6. The number of rotatable bonds is 1. The van der Waals surface area contributed by atoms with Crippen LogP contribution in [0.2, 0.25) is 0 Å². The number of nitrogens with one attached hydrogen (secondary N) is 3. The first-order valence-corrected chi connectivity index (χ1v) is 10.0. The number of aromatic amines is 1. The Morgan fingerprint density at radius 2 is 1.81 bits per heavy atom. The standard InChI is InChI=1S/C15H14FN3.C5H11NO2.C2H6.C2H4.H2/c1-9-6-7-18-15-13(14(9)17)11(8-19-15)10-4-2-3-5-12(10)16;1-5(2,3)8-4(6)7;2*1-2;/h2-6,8,17-19H,7H2,1H3;1-3H3,(H2,6,7);1-2H3;1-2H2;1H. The summed E-state index contributed by atoms with van der Waals surface area (Å²) in [5.41, 5.74) is 7.56. The maximum absolute atomic E-state index is 13.9. The number of ether oxygens (including phenoxy) is 1. The van der Waals surface area contributed by atoms with Gasteiger partial charge in [0.1, 0.15) is 17.2 Å².